The second-order valence-electron chi connectivity index (χ2n) is 8.68. The lowest BCUT2D eigenvalue weighted by atomic mass is 9.91. The van der Waals surface area contributed by atoms with Crippen LogP contribution in [0.5, 0.6) is 0 Å². The molecule has 1 atom stereocenters. The molecule has 2 saturated heterocycles. The Balaban J connectivity index is 1.20. The Kier molecular flexibility index (Phi) is 6.83. The Morgan fingerprint density at radius 3 is 2.39 bits per heavy atom. The maximum Gasteiger partial charge on any atom is 0.379 e. The molecule has 1 N–H and O–H groups in total. The Morgan fingerprint density at radius 2 is 1.74 bits per heavy atom. The predicted octanol–water partition coefficient (Wildman–Crippen LogP) is 1.96. The summed E-state index contributed by atoms with van der Waals surface area (Å²) in [5.74, 6) is -1.80. The number of carbonyl (C=O) groups is 2. The van der Waals surface area contributed by atoms with Crippen molar-refractivity contribution in [3.8, 4) is 0 Å². The molecular weight excluding hydrogens is 406 g/mol. The Bertz CT molecular complexity index is 767. The van der Waals surface area contributed by atoms with E-state index in [9.17, 15) is 18.4 Å². The molecule has 31 heavy (non-hydrogen) atoms. The highest BCUT2D eigenvalue weighted by Crippen LogP contribution is 2.33. The maximum atomic E-state index is 14.5. The number of hydrogen-bond acceptors (Lipinski definition) is 5. The van der Waals surface area contributed by atoms with Gasteiger partial charge in [0.2, 0.25) is 5.91 Å². The molecule has 170 valence electrons. The number of carbonyl (C=O) groups excluding carboxylic acids is 2. The number of piperazine rings is 1. The monoisotopic (exact) mass is 436 g/mol. The minimum absolute atomic E-state index is 0.00414. The van der Waals surface area contributed by atoms with Gasteiger partial charge in [-0.05, 0) is 37.9 Å². The van der Waals surface area contributed by atoms with Crippen molar-refractivity contribution >= 4 is 11.8 Å². The summed E-state index contributed by atoms with van der Waals surface area (Å²) in [7, 11) is 0. The van der Waals surface area contributed by atoms with Crippen molar-refractivity contribution in [1.29, 1.82) is 0 Å². The van der Waals surface area contributed by atoms with E-state index in [4.69, 9.17) is 0 Å². The maximum absolute atomic E-state index is 14.5. The van der Waals surface area contributed by atoms with E-state index < -0.39 is 17.9 Å². The zero-order valence-corrected chi connectivity index (χ0v) is 17.6. The lowest BCUT2D eigenvalue weighted by Crippen LogP contribution is -2.54. The predicted molar refractivity (Wildman–Crippen MR) is 110 cm³/mol. The summed E-state index contributed by atoms with van der Waals surface area (Å²) in [6.45, 7) is 3.81. The van der Waals surface area contributed by atoms with Crippen LogP contribution >= 0.6 is 0 Å². The number of amides is 2. The molecule has 1 unspecified atom stereocenters. The topological polar surface area (TPSA) is 65.1 Å². The van der Waals surface area contributed by atoms with Crippen LogP contribution in [-0.4, -0.2) is 84.5 Å². The lowest BCUT2D eigenvalue weighted by molar-refractivity contribution is -0.290. The van der Waals surface area contributed by atoms with Gasteiger partial charge in [0.15, 0.2) is 0 Å². The van der Waals surface area contributed by atoms with Gasteiger partial charge in [0, 0.05) is 44.3 Å². The Labute approximate surface area is 181 Å². The normalized spacial score (nSPS) is 23.5. The van der Waals surface area contributed by atoms with E-state index in [1.807, 2.05) is 10.4 Å². The van der Waals surface area contributed by atoms with E-state index in [1.54, 1.807) is 23.1 Å². The Morgan fingerprint density at radius 1 is 1.03 bits per heavy atom. The van der Waals surface area contributed by atoms with Crippen molar-refractivity contribution in [3.05, 3.63) is 35.9 Å². The molecule has 9 heteroatoms. The van der Waals surface area contributed by atoms with Crippen LogP contribution in [0.4, 0.5) is 8.78 Å². The number of rotatable bonds is 7. The highest BCUT2D eigenvalue weighted by Gasteiger charge is 2.46. The van der Waals surface area contributed by atoms with Gasteiger partial charge >= 0.3 is 6.11 Å². The molecule has 1 aromatic carbocycles. The van der Waals surface area contributed by atoms with Crippen molar-refractivity contribution in [3.63, 3.8) is 0 Å². The summed E-state index contributed by atoms with van der Waals surface area (Å²) in [6.07, 6.45) is 0.508. The van der Waals surface area contributed by atoms with Crippen molar-refractivity contribution in [2.24, 2.45) is 5.92 Å². The van der Waals surface area contributed by atoms with E-state index in [-0.39, 0.29) is 31.0 Å². The van der Waals surface area contributed by atoms with Gasteiger partial charge in [0.1, 0.15) is 0 Å². The smallest absolute Gasteiger partial charge is 0.339 e. The SMILES string of the molecule is O=C(NOC(F)(F)C1CCN(CC(=O)N2CCN(C3CCC3)CC2)C1)c1ccccc1. The second kappa shape index (κ2) is 9.58. The summed E-state index contributed by atoms with van der Waals surface area (Å²) >= 11 is 0. The van der Waals surface area contributed by atoms with E-state index in [2.05, 4.69) is 9.74 Å². The highest BCUT2D eigenvalue weighted by molar-refractivity contribution is 5.93. The fraction of sp³-hybridized carbons (Fsp3) is 0.636. The fourth-order valence-electron chi connectivity index (χ4n) is 4.48. The molecule has 0 aromatic heterocycles. The van der Waals surface area contributed by atoms with Gasteiger partial charge in [-0.1, -0.05) is 24.6 Å². The summed E-state index contributed by atoms with van der Waals surface area (Å²) in [6, 6.07) is 8.74. The fourth-order valence-corrected chi connectivity index (χ4v) is 4.48. The molecule has 4 rings (SSSR count). The minimum Gasteiger partial charge on any atom is -0.339 e. The first-order valence-corrected chi connectivity index (χ1v) is 11.1. The van der Waals surface area contributed by atoms with Gasteiger partial charge < -0.3 is 4.90 Å². The van der Waals surface area contributed by atoms with Crippen molar-refractivity contribution in [2.45, 2.75) is 37.8 Å². The number of alkyl halides is 2. The van der Waals surface area contributed by atoms with Crippen LogP contribution in [0.15, 0.2) is 30.3 Å². The van der Waals surface area contributed by atoms with Gasteiger partial charge in [0.25, 0.3) is 5.91 Å². The molecule has 1 aromatic rings. The zero-order valence-electron chi connectivity index (χ0n) is 17.6. The van der Waals surface area contributed by atoms with Crippen LogP contribution in [0.2, 0.25) is 0 Å². The second-order valence-corrected chi connectivity index (χ2v) is 8.68. The van der Waals surface area contributed by atoms with Gasteiger partial charge in [-0.3, -0.25) is 19.4 Å². The van der Waals surface area contributed by atoms with Crippen LogP contribution in [0.3, 0.4) is 0 Å². The molecule has 7 nitrogen and oxygen atoms in total. The molecule has 3 aliphatic rings. The summed E-state index contributed by atoms with van der Waals surface area (Å²) in [4.78, 5) is 35.1. The van der Waals surface area contributed by atoms with Crippen LogP contribution < -0.4 is 5.48 Å². The van der Waals surface area contributed by atoms with E-state index in [0.717, 1.165) is 13.1 Å². The van der Waals surface area contributed by atoms with Crippen molar-refractivity contribution < 1.29 is 23.2 Å². The number of benzene rings is 1. The van der Waals surface area contributed by atoms with Crippen LogP contribution in [0, 0.1) is 5.92 Å². The van der Waals surface area contributed by atoms with Crippen molar-refractivity contribution in [2.75, 3.05) is 45.8 Å². The number of halogens is 2. The largest absolute Gasteiger partial charge is 0.379 e. The third-order valence-electron chi connectivity index (χ3n) is 6.68. The first kappa shape index (κ1) is 22.1. The summed E-state index contributed by atoms with van der Waals surface area (Å²) in [5, 5.41) is 0. The first-order valence-electron chi connectivity index (χ1n) is 11.1. The summed E-state index contributed by atoms with van der Waals surface area (Å²) < 4.78 is 28.9. The van der Waals surface area contributed by atoms with Gasteiger partial charge in [-0.2, -0.15) is 8.78 Å². The molecule has 1 saturated carbocycles. The lowest BCUT2D eigenvalue weighted by Gasteiger charge is -2.43. The molecule has 2 heterocycles. The quantitative estimate of drug-likeness (QED) is 0.662. The molecule has 2 amide bonds. The molecule has 0 spiro atoms. The summed E-state index contributed by atoms with van der Waals surface area (Å²) in [5.41, 5.74) is 2.10. The van der Waals surface area contributed by atoms with Gasteiger partial charge in [-0.25, -0.2) is 10.3 Å². The highest BCUT2D eigenvalue weighted by atomic mass is 19.3. The third-order valence-corrected chi connectivity index (χ3v) is 6.68. The minimum atomic E-state index is -3.50. The third kappa shape index (κ3) is 5.39. The number of nitrogens with one attached hydrogen (secondary N) is 1. The zero-order chi connectivity index (χ0) is 21.8. The van der Waals surface area contributed by atoms with Crippen molar-refractivity contribution in [1.82, 2.24) is 20.2 Å². The van der Waals surface area contributed by atoms with Crippen LogP contribution in [0.25, 0.3) is 0 Å². The van der Waals surface area contributed by atoms with Crippen LogP contribution in [-0.2, 0) is 9.63 Å². The van der Waals surface area contributed by atoms with Gasteiger partial charge in [0.05, 0.1) is 12.5 Å². The molecule has 0 bridgehead atoms. The van der Waals surface area contributed by atoms with Crippen LogP contribution in [0.1, 0.15) is 36.0 Å². The Hall–Kier alpha value is -2.10. The van der Waals surface area contributed by atoms with E-state index >= 15 is 0 Å². The van der Waals surface area contributed by atoms with Gasteiger partial charge in [-0.15, -0.1) is 0 Å². The van der Waals surface area contributed by atoms with E-state index in [1.165, 1.54) is 31.4 Å². The number of hydroxylamine groups is 1. The first-order chi connectivity index (χ1) is 14.9. The molecule has 1 aliphatic carbocycles. The number of likely N-dealkylation sites (tertiary alicyclic amines) is 1. The number of hydrogen-bond donors (Lipinski definition) is 1. The standard InChI is InChI=1S/C22H30F2N4O3/c23-22(24,31-25-21(30)17-5-2-1-3-6-17)18-9-10-26(15-18)16-20(29)28-13-11-27(12-14-28)19-7-4-8-19/h1-3,5-6,18-19H,4,7-16H2,(H,25,30). The number of nitrogens with zero attached hydrogens (tertiary/aromatic N) is 3. The molecule has 3 fully saturated rings. The molecule has 2 aliphatic heterocycles. The molecular formula is C22H30F2N4O3. The van der Waals surface area contributed by atoms with E-state index in [0.29, 0.717) is 25.7 Å². The average molecular weight is 437 g/mol. The molecule has 0 radical (unpaired) electrons. The average Bonchev–Trinajstić information content (AvgIpc) is 3.21.